The SMILES string of the molecule is CCNC(=NCc1sccc1C)NCCC(=O)NC1CCS(=O)(=O)C1.I. The third-order valence-electron chi connectivity index (χ3n) is 3.94. The van der Waals surface area contributed by atoms with Crippen LogP contribution in [-0.4, -0.2) is 50.9 Å². The Morgan fingerprint density at radius 2 is 2.15 bits per heavy atom. The van der Waals surface area contributed by atoms with Gasteiger partial charge in [-0.3, -0.25) is 4.79 Å². The molecule has 26 heavy (non-hydrogen) atoms. The number of carbonyl (C=O) groups excluding carboxylic acids is 1. The molecule has 7 nitrogen and oxygen atoms in total. The van der Waals surface area contributed by atoms with Crippen LogP contribution in [0.5, 0.6) is 0 Å². The van der Waals surface area contributed by atoms with Crippen molar-refractivity contribution in [2.75, 3.05) is 24.6 Å². The lowest BCUT2D eigenvalue weighted by atomic mass is 10.2. The molecular weight excluding hydrogens is 487 g/mol. The molecule has 10 heteroatoms. The van der Waals surface area contributed by atoms with E-state index in [0.29, 0.717) is 25.5 Å². The Hall–Kier alpha value is -0.880. The molecule has 1 aliphatic rings. The van der Waals surface area contributed by atoms with Gasteiger partial charge in [-0.25, -0.2) is 13.4 Å². The van der Waals surface area contributed by atoms with Crippen molar-refractivity contribution in [1.29, 1.82) is 0 Å². The highest BCUT2D eigenvalue weighted by Crippen LogP contribution is 2.16. The highest BCUT2D eigenvalue weighted by atomic mass is 127. The molecule has 0 radical (unpaired) electrons. The quantitative estimate of drug-likeness (QED) is 0.291. The summed E-state index contributed by atoms with van der Waals surface area (Å²) in [7, 11) is -2.97. The summed E-state index contributed by atoms with van der Waals surface area (Å²) >= 11 is 1.68. The van der Waals surface area contributed by atoms with Crippen LogP contribution in [0, 0.1) is 6.92 Å². The third-order valence-corrected chi connectivity index (χ3v) is 6.71. The van der Waals surface area contributed by atoms with Gasteiger partial charge in [-0.1, -0.05) is 0 Å². The van der Waals surface area contributed by atoms with E-state index in [1.54, 1.807) is 11.3 Å². The van der Waals surface area contributed by atoms with Gasteiger partial charge >= 0.3 is 0 Å². The minimum absolute atomic E-state index is 0. The number of nitrogens with zero attached hydrogens (tertiary/aromatic N) is 1. The molecule has 148 valence electrons. The molecule has 0 saturated carbocycles. The second-order valence-electron chi connectivity index (χ2n) is 6.07. The van der Waals surface area contributed by atoms with Gasteiger partial charge in [0.05, 0.1) is 18.1 Å². The monoisotopic (exact) mass is 514 g/mol. The smallest absolute Gasteiger partial charge is 0.222 e. The van der Waals surface area contributed by atoms with Crippen molar-refractivity contribution in [3.63, 3.8) is 0 Å². The van der Waals surface area contributed by atoms with Gasteiger partial charge in [0.15, 0.2) is 15.8 Å². The van der Waals surface area contributed by atoms with Crippen molar-refractivity contribution in [3.8, 4) is 0 Å². The van der Waals surface area contributed by atoms with Crippen molar-refractivity contribution in [2.24, 2.45) is 4.99 Å². The van der Waals surface area contributed by atoms with Crippen molar-refractivity contribution >= 4 is 57.0 Å². The summed E-state index contributed by atoms with van der Waals surface area (Å²) in [5.41, 5.74) is 1.23. The van der Waals surface area contributed by atoms with E-state index in [1.807, 2.05) is 12.3 Å². The van der Waals surface area contributed by atoms with Crippen molar-refractivity contribution in [1.82, 2.24) is 16.0 Å². The fourth-order valence-corrected chi connectivity index (χ4v) is 5.06. The van der Waals surface area contributed by atoms with E-state index in [1.165, 1.54) is 10.4 Å². The minimum Gasteiger partial charge on any atom is -0.357 e. The first-order valence-electron chi connectivity index (χ1n) is 8.44. The first kappa shape index (κ1) is 23.2. The average Bonchev–Trinajstić information content (AvgIpc) is 3.10. The number of aryl methyl sites for hydroxylation is 1. The Labute approximate surface area is 176 Å². The van der Waals surface area contributed by atoms with Gasteiger partial charge < -0.3 is 16.0 Å². The maximum Gasteiger partial charge on any atom is 0.222 e. The molecule has 1 aromatic heterocycles. The number of guanidine groups is 1. The number of hydrogen-bond donors (Lipinski definition) is 3. The van der Waals surface area contributed by atoms with Gasteiger partial charge in [0, 0.05) is 30.4 Å². The summed E-state index contributed by atoms with van der Waals surface area (Å²) in [6, 6.07) is 1.82. The van der Waals surface area contributed by atoms with E-state index >= 15 is 0 Å². The van der Waals surface area contributed by atoms with Crippen LogP contribution in [0.3, 0.4) is 0 Å². The number of aliphatic imine (C=N–C) groups is 1. The maximum atomic E-state index is 11.9. The second-order valence-corrected chi connectivity index (χ2v) is 9.30. The number of nitrogens with one attached hydrogen (secondary N) is 3. The predicted octanol–water partition coefficient (Wildman–Crippen LogP) is 1.42. The van der Waals surface area contributed by atoms with Crippen molar-refractivity contribution in [2.45, 2.75) is 39.3 Å². The molecule has 1 aromatic rings. The fourth-order valence-electron chi connectivity index (χ4n) is 2.56. The first-order chi connectivity index (χ1) is 11.9. The molecule has 1 atom stereocenters. The van der Waals surface area contributed by atoms with Gasteiger partial charge in [-0.05, 0) is 37.3 Å². The Morgan fingerprint density at radius 3 is 2.73 bits per heavy atom. The number of hydrogen-bond acceptors (Lipinski definition) is 5. The largest absolute Gasteiger partial charge is 0.357 e. The van der Waals surface area contributed by atoms with E-state index in [0.717, 1.165) is 6.54 Å². The Kier molecular flexibility index (Phi) is 9.86. The number of rotatable bonds is 7. The zero-order valence-electron chi connectivity index (χ0n) is 15.1. The topological polar surface area (TPSA) is 99.7 Å². The molecule has 0 bridgehead atoms. The molecular formula is C16H27IN4O3S2. The summed E-state index contributed by atoms with van der Waals surface area (Å²) in [6.45, 7) is 5.84. The second kappa shape index (κ2) is 11.1. The molecule has 1 aliphatic heterocycles. The van der Waals surface area contributed by atoms with Crippen LogP contribution in [0.25, 0.3) is 0 Å². The van der Waals surface area contributed by atoms with E-state index < -0.39 is 9.84 Å². The normalized spacial score (nSPS) is 18.8. The Morgan fingerprint density at radius 1 is 1.38 bits per heavy atom. The van der Waals surface area contributed by atoms with E-state index in [-0.39, 0.29) is 53.9 Å². The van der Waals surface area contributed by atoms with Crippen molar-refractivity contribution in [3.05, 3.63) is 21.9 Å². The highest BCUT2D eigenvalue weighted by Gasteiger charge is 2.28. The predicted molar refractivity (Wildman–Crippen MR) is 117 cm³/mol. The lowest BCUT2D eigenvalue weighted by Crippen LogP contribution is -2.41. The number of thiophene rings is 1. The molecule has 1 saturated heterocycles. The summed E-state index contributed by atoms with van der Waals surface area (Å²) in [4.78, 5) is 17.7. The molecule has 2 rings (SSSR count). The number of halogens is 1. The number of sulfone groups is 1. The van der Waals surface area contributed by atoms with Crippen LogP contribution in [0.15, 0.2) is 16.4 Å². The zero-order valence-corrected chi connectivity index (χ0v) is 19.0. The van der Waals surface area contributed by atoms with Gasteiger partial charge in [0.2, 0.25) is 5.91 Å². The molecule has 2 heterocycles. The first-order valence-corrected chi connectivity index (χ1v) is 11.1. The minimum atomic E-state index is -2.97. The summed E-state index contributed by atoms with van der Waals surface area (Å²) in [5, 5.41) is 11.1. The van der Waals surface area contributed by atoms with Gasteiger partial charge in [0.1, 0.15) is 0 Å². The number of carbonyl (C=O) groups is 1. The Balaban J connectivity index is 0.00000338. The van der Waals surface area contributed by atoms with Crippen LogP contribution in [0.2, 0.25) is 0 Å². The van der Waals surface area contributed by atoms with E-state index in [9.17, 15) is 13.2 Å². The van der Waals surface area contributed by atoms with Crippen LogP contribution in [-0.2, 0) is 21.2 Å². The Bertz CT molecular complexity index is 719. The van der Waals surface area contributed by atoms with E-state index in [4.69, 9.17) is 0 Å². The van der Waals surface area contributed by atoms with Crippen LogP contribution < -0.4 is 16.0 Å². The lowest BCUT2D eigenvalue weighted by molar-refractivity contribution is -0.121. The zero-order chi connectivity index (χ0) is 18.3. The van der Waals surface area contributed by atoms with Crippen LogP contribution >= 0.6 is 35.3 Å². The third kappa shape index (κ3) is 7.78. The maximum absolute atomic E-state index is 11.9. The van der Waals surface area contributed by atoms with Gasteiger partial charge in [-0.15, -0.1) is 35.3 Å². The summed E-state index contributed by atoms with van der Waals surface area (Å²) in [5.74, 6) is 0.748. The molecule has 1 amide bonds. The molecule has 1 fully saturated rings. The average molecular weight is 514 g/mol. The molecule has 3 N–H and O–H groups in total. The van der Waals surface area contributed by atoms with Crippen LogP contribution in [0.1, 0.15) is 30.2 Å². The molecule has 0 spiro atoms. The number of amides is 1. The van der Waals surface area contributed by atoms with Crippen LogP contribution in [0.4, 0.5) is 0 Å². The fraction of sp³-hybridized carbons (Fsp3) is 0.625. The molecule has 0 aromatic carbocycles. The molecule has 0 aliphatic carbocycles. The van der Waals surface area contributed by atoms with Gasteiger partial charge in [0.25, 0.3) is 0 Å². The summed E-state index contributed by atoms with van der Waals surface area (Å²) in [6.07, 6.45) is 0.782. The lowest BCUT2D eigenvalue weighted by Gasteiger charge is -2.13. The van der Waals surface area contributed by atoms with Gasteiger partial charge in [-0.2, -0.15) is 0 Å². The highest BCUT2D eigenvalue weighted by molar-refractivity contribution is 14.0. The van der Waals surface area contributed by atoms with E-state index in [2.05, 4.69) is 33.9 Å². The van der Waals surface area contributed by atoms with Crippen molar-refractivity contribution < 1.29 is 13.2 Å². The molecule has 1 unspecified atom stereocenters. The summed E-state index contributed by atoms with van der Waals surface area (Å²) < 4.78 is 22.8. The standard InChI is InChI=1S/C16H26N4O3S2.HI/c1-3-17-16(19-10-14-12(2)5-8-24-14)18-7-4-15(21)20-13-6-9-25(22,23)11-13;/h5,8,13H,3-4,6-7,9-11H2,1-2H3,(H,20,21)(H2,17,18,19);1H.